The minimum Gasteiger partial charge on any atom is -0.399 e. The van der Waals surface area contributed by atoms with Gasteiger partial charge in [0.25, 0.3) is 0 Å². The average molecular weight is 582 g/mol. The number of para-hydroxylation sites is 1. The van der Waals surface area contributed by atoms with Gasteiger partial charge < -0.3 is 14.2 Å². The maximum Gasteiger partial charge on any atom is 0.494 e. The zero-order valence-electron chi connectivity index (χ0n) is 27.2. The lowest BCUT2D eigenvalue weighted by atomic mass is 9.76. The average Bonchev–Trinajstić information content (AvgIpc) is 3.26. The van der Waals surface area contributed by atoms with E-state index in [0.717, 1.165) is 28.9 Å². The van der Waals surface area contributed by atoms with Gasteiger partial charge in [-0.3, -0.25) is 0 Å². The first-order valence-electron chi connectivity index (χ1n) is 15.8. The van der Waals surface area contributed by atoms with Crippen molar-refractivity contribution in [3.05, 3.63) is 132 Å². The van der Waals surface area contributed by atoms with Gasteiger partial charge in [-0.25, -0.2) is 0 Å². The van der Waals surface area contributed by atoms with Gasteiger partial charge in [0, 0.05) is 16.9 Å². The first-order chi connectivity index (χ1) is 21.0. The van der Waals surface area contributed by atoms with Gasteiger partial charge in [-0.2, -0.15) is 0 Å². The van der Waals surface area contributed by atoms with Gasteiger partial charge in [0.2, 0.25) is 0 Å². The lowest BCUT2D eigenvalue weighted by Gasteiger charge is -2.32. The van der Waals surface area contributed by atoms with Crippen molar-refractivity contribution in [1.82, 2.24) is 0 Å². The number of rotatable bonds is 5. The van der Waals surface area contributed by atoms with Crippen LogP contribution in [-0.2, 0) is 14.7 Å². The second kappa shape index (κ2) is 11.6. The Balaban J connectivity index is 1.50. The third kappa shape index (κ3) is 5.69. The standard InChI is InChI=1S/C40H44BNO2/c1-29-16-10-9-15-27-38(2,3)36-28-33(25-26-34(29)36)42(37-20-14-13-19-35(37)30-17-11-8-12-18-30)32-23-21-31(22-24-32)41-43-39(4,5)40(6,7)44-41/h8-26,28-29H,27H2,1-7H3/b15-9-,16-10-. The molecule has 1 atom stereocenters. The van der Waals surface area contributed by atoms with E-state index in [-0.39, 0.29) is 16.6 Å². The number of nitrogens with zero attached hydrogens (tertiary/aromatic N) is 1. The van der Waals surface area contributed by atoms with Crippen molar-refractivity contribution >= 4 is 29.6 Å². The molecule has 3 nitrogen and oxygen atoms in total. The maximum atomic E-state index is 6.38. The van der Waals surface area contributed by atoms with E-state index in [2.05, 4.69) is 175 Å². The van der Waals surface area contributed by atoms with Gasteiger partial charge in [-0.05, 0) is 97.9 Å². The van der Waals surface area contributed by atoms with Gasteiger partial charge in [0.1, 0.15) is 0 Å². The molecule has 1 aliphatic heterocycles. The highest BCUT2D eigenvalue weighted by molar-refractivity contribution is 6.62. The molecule has 0 bridgehead atoms. The molecule has 0 saturated carbocycles. The minimum absolute atomic E-state index is 0.0205. The van der Waals surface area contributed by atoms with E-state index in [0.29, 0.717) is 5.92 Å². The number of benzene rings is 4. The topological polar surface area (TPSA) is 21.7 Å². The van der Waals surface area contributed by atoms with Crippen LogP contribution in [0, 0.1) is 0 Å². The summed E-state index contributed by atoms with van der Waals surface area (Å²) in [5.41, 5.74) is 8.73. The molecular weight excluding hydrogens is 537 g/mol. The van der Waals surface area contributed by atoms with Gasteiger partial charge >= 0.3 is 7.12 Å². The first-order valence-corrected chi connectivity index (χ1v) is 15.8. The molecule has 224 valence electrons. The molecule has 0 amide bonds. The van der Waals surface area contributed by atoms with Crippen molar-refractivity contribution in [3.8, 4) is 11.1 Å². The zero-order chi connectivity index (χ0) is 31.1. The predicted molar refractivity (Wildman–Crippen MR) is 187 cm³/mol. The second-order valence-electron chi connectivity index (χ2n) is 13.9. The van der Waals surface area contributed by atoms with Gasteiger partial charge in [-0.15, -0.1) is 0 Å². The van der Waals surface area contributed by atoms with Crippen LogP contribution in [0.2, 0.25) is 0 Å². The molecule has 1 unspecified atom stereocenters. The van der Waals surface area contributed by atoms with Crippen LogP contribution in [0.3, 0.4) is 0 Å². The van der Waals surface area contributed by atoms with Gasteiger partial charge in [0.15, 0.2) is 0 Å². The summed E-state index contributed by atoms with van der Waals surface area (Å²) >= 11 is 0. The Kier molecular flexibility index (Phi) is 7.94. The SMILES string of the molecule is CC1/C=C\C=C/CC(C)(C)c2cc(N(c3ccc(B4OC(C)(C)C(C)(C)O4)cc3)c3ccccc3-c3ccccc3)ccc21. The second-order valence-corrected chi connectivity index (χ2v) is 13.9. The Morgan fingerprint density at radius 2 is 1.34 bits per heavy atom. The molecule has 0 spiro atoms. The molecule has 2 aliphatic rings. The number of fused-ring (bicyclic) bond motifs is 1. The monoisotopic (exact) mass is 581 g/mol. The summed E-state index contributed by atoms with van der Waals surface area (Å²) in [7, 11) is -0.400. The normalized spacial score (nSPS) is 21.4. The van der Waals surface area contributed by atoms with Crippen LogP contribution in [0.25, 0.3) is 11.1 Å². The van der Waals surface area contributed by atoms with Gasteiger partial charge in [-0.1, -0.05) is 112 Å². The van der Waals surface area contributed by atoms with E-state index < -0.39 is 7.12 Å². The van der Waals surface area contributed by atoms with Crippen LogP contribution in [-0.4, -0.2) is 18.3 Å². The molecule has 4 aromatic rings. The maximum absolute atomic E-state index is 6.38. The van der Waals surface area contributed by atoms with Crippen LogP contribution in [0.15, 0.2) is 121 Å². The van der Waals surface area contributed by atoms with Crippen LogP contribution < -0.4 is 10.4 Å². The van der Waals surface area contributed by atoms with E-state index in [4.69, 9.17) is 9.31 Å². The van der Waals surface area contributed by atoms with E-state index in [1.807, 2.05) is 0 Å². The van der Waals surface area contributed by atoms with E-state index in [1.165, 1.54) is 22.3 Å². The molecule has 44 heavy (non-hydrogen) atoms. The van der Waals surface area contributed by atoms with Crippen LogP contribution in [0.5, 0.6) is 0 Å². The fraction of sp³-hybridized carbons (Fsp3) is 0.300. The molecule has 0 radical (unpaired) electrons. The number of hydrogen-bond donors (Lipinski definition) is 0. The molecule has 0 aromatic heterocycles. The van der Waals surface area contributed by atoms with E-state index in [9.17, 15) is 0 Å². The molecule has 4 aromatic carbocycles. The molecule has 4 heteroatoms. The molecule has 0 N–H and O–H groups in total. The molecule has 1 aliphatic carbocycles. The van der Waals surface area contributed by atoms with Gasteiger partial charge in [0.05, 0.1) is 16.9 Å². The summed E-state index contributed by atoms with van der Waals surface area (Å²) in [4.78, 5) is 2.40. The Hall–Kier alpha value is -3.86. The highest BCUT2D eigenvalue weighted by Crippen LogP contribution is 2.44. The molecule has 1 saturated heterocycles. The first kappa shape index (κ1) is 30.2. The van der Waals surface area contributed by atoms with Crippen LogP contribution in [0.1, 0.15) is 71.9 Å². The van der Waals surface area contributed by atoms with Crippen molar-refractivity contribution < 1.29 is 9.31 Å². The lowest BCUT2D eigenvalue weighted by Crippen LogP contribution is -2.41. The number of hydrogen-bond acceptors (Lipinski definition) is 3. The quantitative estimate of drug-likeness (QED) is 0.219. The third-order valence-corrected chi connectivity index (χ3v) is 9.70. The highest BCUT2D eigenvalue weighted by Gasteiger charge is 2.51. The minimum atomic E-state index is -0.400. The zero-order valence-corrected chi connectivity index (χ0v) is 27.2. The molecule has 1 fully saturated rings. The third-order valence-electron chi connectivity index (χ3n) is 9.70. The summed E-state index contributed by atoms with van der Waals surface area (Å²) in [5, 5.41) is 0. The summed E-state index contributed by atoms with van der Waals surface area (Å²) < 4.78 is 12.8. The summed E-state index contributed by atoms with van der Waals surface area (Å²) in [6.07, 6.45) is 9.95. The van der Waals surface area contributed by atoms with E-state index in [1.54, 1.807) is 0 Å². The summed E-state index contributed by atoms with van der Waals surface area (Å²) in [5.74, 6) is 0.324. The van der Waals surface area contributed by atoms with Crippen molar-refractivity contribution in [3.63, 3.8) is 0 Å². The molecule has 1 heterocycles. The summed E-state index contributed by atoms with van der Waals surface area (Å²) in [6, 6.07) is 35.1. The fourth-order valence-corrected chi connectivity index (χ4v) is 6.27. The van der Waals surface area contributed by atoms with Crippen LogP contribution >= 0.6 is 0 Å². The van der Waals surface area contributed by atoms with E-state index >= 15 is 0 Å². The Morgan fingerprint density at radius 3 is 2.05 bits per heavy atom. The van der Waals surface area contributed by atoms with Crippen LogP contribution in [0.4, 0.5) is 17.1 Å². The lowest BCUT2D eigenvalue weighted by molar-refractivity contribution is 0.00578. The Bertz CT molecular complexity index is 1670. The smallest absolute Gasteiger partial charge is 0.399 e. The number of anilines is 3. The Morgan fingerprint density at radius 1 is 0.705 bits per heavy atom. The fourth-order valence-electron chi connectivity index (χ4n) is 6.27. The van der Waals surface area contributed by atoms with Crippen molar-refractivity contribution in [2.75, 3.05) is 4.90 Å². The summed E-state index contributed by atoms with van der Waals surface area (Å²) in [6.45, 7) is 15.4. The molecule has 6 rings (SSSR count). The highest BCUT2D eigenvalue weighted by atomic mass is 16.7. The number of allylic oxidation sites excluding steroid dienone is 4. The largest absolute Gasteiger partial charge is 0.494 e. The van der Waals surface area contributed by atoms with Crippen molar-refractivity contribution in [1.29, 1.82) is 0 Å². The predicted octanol–water partition coefficient (Wildman–Crippen LogP) is 10.0. The van der Waals surface area contributed by atoms with Crippen molar-refractivity contribution in [2.45, 2.75) is 77.4 Å². The molecular formula is C40H44BNO2. The van der Waals surface area contributed by atoms with Crippen molar-refractivity contribution in [2.24, 2.45) is 0 Å². The Labute approximate surface area is 264 Å².